The first-order chi connectivity index (χ1) is 14.5. The summed E-state index contributed by atoms with van der Waals surface area (Å²) in [6.07, 6.45) is 4.12. The molecule has 1 aliphatic rings. The fourth-order valence-electron chi connectivity index (χ4n) is 4.63. The van der Waals surface area contributed by atoms with Crippen molar-refractivity contribution in [1.29, 1.82) is 0 Å². The Kier molecular flexibility index (Phi) is 6.18. The number of carbonyl (C=O) groups excluding carboxylic acids is 1. The van der Waals surface area contributed by atoms with Crippen molar-refractivity contribution in [3.8, 4) is 0 Å². The molecule has 1 aliphatic carbocycles. The number of nitrogens with zero attached hydrogens (tertiary/aromatic N) is 1. The summed E-state index contributed by atoms with van der Waals surface area (Å²) >= 11 is 0. The first-order valence-corrected chi connectivity index (χ1v) is 10.9. The van der Waals surface area contributed by atoms with Crippen LogP contribution in [0.3, 0.4) is 0 Å². The highest BCUT2D eigenvalue weighted by atomic mass is 19.1. The lowest BCUT2D eigenvalue weighted by Crippen LogP contribution is -2.46. The lowest BCUT2D eigenvalue weighted by molar-refractivity contribution is 0.0623. The number of nitrogens with one attached hydrogen (secondary N) is 2. The highest BCUT2D eigenvalue weighted by molar-refractivity contribution is 5.98. The molecule has 5 heteroatoms. The molecule has 0 spiro atoms. The zero-order valence-electron chi connectivity index (χ0n) is 17.7. The molecule has 1 aromatic heterocycles. The van der Waals surface area contributed by atoms with Gasteiger partial charge in [-0.15, -0.1) is 0 Å². The molecule has 1 fully saturated rings. The van der Waals surface area contributed by atoms with Crippen LogP contribution in [0.15, 0.2) is 48.5 Å². The van der Waals surface area contributed by atoms with Crippen LogP contribution >= 0.6 is 0 Å². The van der Waals surface area contributed by atoms with Crippen LogP contribution in [0.4, 0.5) is 4.39 Å². The van der Waals surface area contributed by atoms with E-state index in [9.17, 15) is 9.18 Å². The molecule has 0 radical (unpaired) electrons. The van der Waals surface area contributed by atoms with Crippen molar-refractivity contribution in [2.45, 2.75) is 58.2 Å². The number of amides is 1. The molecule has 2 atom stereocenters. The molecule has 1 heterocycles. The van der Waals surface area contributed by atoms with Crippen molar-refractivity contribution in [2.24, 2.45) is 0 Å². The van der Waals surface area contributed by atoms with Crippen molar-refractivity contribution in [3.63, 3.8) is 0 Å². The Bertz CT molecular complexity index is 1030. The molecule has 2 aromatic carbocycles. The quantitative estimate of drug-likeness (QED) is 0.592. The summed E-state index contributed by atoms with van der Waals surface area (Å²) in [7, 11) is 0. The van der Waals surface area contributed by atoms with Gasteiger partial charge in [0.2, 0.25) is 0 Å². The second kappa shape index (κ2) is 9.00. The third-order valence-electron chi connectivity index (χ3n) is 6.18. The van der Waals surface area contributed by atoms with E-state index in [1.54, 1.807) is 12.1 Å². The number of rotatable bonds is 6. The van der Waals surface area contributed by atoms with Crippen LogP contribution in [-0.4, -0.2) is 34.4 Å². The molecule has 158 valence electrons. The second-order valence-corrected chi connectivity index (χ2v) is 8.39. The maximum absolute atomic E-state index is 13.4. The third-order valence-corrected chi connectivity index (χ3v) is 6.18. The number of H-pyrrole nitrogens is 1. The Hall–Kier alpha value is -2.66. The van der Waals surface area contributed by atoms with Gasteiger partial charge in [0.05, 0.1) is 0 Å². The minimum absolute atomic E-state index is 0.0714. The number of fused-ring (bicyclic) bond motifs is 1. The lowest BCUT2D eigenvalue weighted by Gasteiger charge is -2.37. The zero-order valence-corrected chi connectivity index (χ0v) is 17.7. The number of aromatic nitrogens is 1. The molecule has 0 bridgehead atoms. The van der Waals surface area contributed by atoms with Gasteiger partial charge in [0.15, 0.2) is 0 Å². The SMILES string of the molecule is CCN(C(=O)c1cc2cc(C)ccc2[nH]1)C1CCCC(NCc2cccc(F)c2)C1. The molecule has 30 heavy (non-hydrogen) atoms. The molecule has 4 nitrogen and oxygen atoms in total. The number of hydrogen-bond donors (Lipinski definition) is 2. The third kappa shape index (κ3) is 4.57. The fourth-order valence-corrected chi connectivity index (χ4v) is 4.63. The molecule has 0 saturated heterocycles. The number of carbonyl (C=O) groups is 1. The van der Waals surface area contributed by atoms with Crippen LogP contribution in [0.2, 0.25) is 0 Å². The van der Waals surface area contributed by atoms with Crippen LogP contribution in [0.25, 0.3) is 10.9 Å². The molecular formula is C25H30FN3O. The smallest absolute Gasteiger partial charge is 0.270 e. The summed E-state index contributed by atoms with van der Waals surface area (Å²) in [6, 6.07) is 15.4. The van der Waals surface area contributed by atoms with E-state index in [1.165, 1.54) is 11.6 Å². The Morgan fingerprint density at radius 1 is 1.20 bits per heavy atom. The number of benzene rings is 2. The first kappa shape index (κ1) is 20.6. The van der Waals surface area contributed by atoms with E-state index < -0.39 is 0 Å². The summed E-state index contributed by atoms with van der Waals surface area (Å²) in [5.74, 6) is -0.130. The molecular weight excluding hydrogens is 377 g/mol. The Morgan fingerprint density at radius 3 is 2.87 bits per heavy atom. The highest BCUT2D eigenvalue weighted by Crippen LogP contribution is 2.26. The van der Waals surface area contributed by atoms with Gasteiger partial charge in [0.1, 0.15) is 11.5 Å². The van der Waals surface area contributed by atoms with Gasteiger partial charge >= 0.3 is 0 Å². The lowest BCUT2D eigenvalue weighted by atomic mass is 9.89. The number of aromatic amines is 1. The summed E-state index contributed by atoms with van der Waals surface area (Å²) in [5.41, 5.74) is 3.80. The van der Waals surface area contributed by atoms with E-state index >= 15 is 0 Å². The van der Waals surface area contributed by atoms with Gasteiger partial charge in [-0.1, -0.05) is 23.8 Å². The number of hydrogen-bond acceptors (Lipinski definition) is 2. The maximum atomic E-state index is 13.4. The van der Waals surface area contributed by atoms with Crippen molar-refractivity contribution in [2.75, 3.05) is 6.54 Å². The molecule has 3 aromatic rings. The molecule has 1 saturated carbocycles. The zero-order chi connectivity index (χ0) is 21.1. The largest absolute Gasteiger partial charge is 0.351 e. The van der Waals surface area contributed by atoms with Crippen molar-refractivity contribution >= 4 is 16.8 Å². The summed E-state index contributed by atoms with van der Waals surface area (Å²) < 4.78 is 13.4. The van der Waals surface area contributed by atoms with Crippen LogP contribution in [0, 0.1) is 12.7 Å². The predicted molar refractivity (Wildman–Crippen MR) is 119 cm³/mol. The van der Waals surface area contributed by atoms with E-state index in [0.29, 0.717) is 24.8 Å². The predicted octanol–water partition coefficient (Wildman–Crippen LogP) is 5.18. The topological polar surface area (TPSA) is 48.1 Å². The summed E-state index contributed by atoms with van der Waals surface area (Å²) in [6.45, 7) is 5.45. The van der Waals surface area contributed by atoms with Crippen molar-refractivity contribution in [3.05, 3.63) is 71.2 Å². The number of aryl methyl sites for hydroxylation is 1. The van der Waals surface area contributed by atoms with Gasteiger partial charge in [0.25, 0.3) is 5.91 Å². The van der Waals surface area contributed by atoms with Crippen LogP contribution in [0.1, 0.15) is 54.2 Å². The molecule has 2 N–H and O–H groups in total. The minimum Gasteiger partial charge on any atom is -0.351 e. The monoisotopic (exact) mass is 407 g/mol. The van der Waals surface area contributed by atoms with Crippen LogP contribution in [0.5, 0.6) is 0 Å². The second-order valence-electron chi connectivity index (χ2n) is 8.39. The Balaban J connectivity index is 1.43. The van der Waals surface area contributed by atoms with E-state index in [1.807, 2.05) is 23.1 Å². The summed E-state index contributed by atoms with van der Waals surface area (Å²) in [5, 5.41) is 4.64. The molecule has 1 amide bonds. The van der Waals surface area contributed by atoms with Crippen LogP contribution < -0.4 is 5.32 Å². The van der Waals surface area contributed by atoms with E-state index in [4.69, 9.17) is 0 Å². The van der Waals surface area contributed by atoms with Crippen molar-refractivity contribution < 1.29 is 9.18 Å². The van der Waals surface area contributed by atoms with Gasteiger partial charge in [-0.3, -0.25) is 4.79 Å². The normalized spacial score (nSPS) is 19.2. The standard InChI is InChI=1S/C25H30FN3O/c1-3-29(25(30)24-14-19-12-17(2)10-11-23(19)28-24)22-9-5-8-21(15-22)27-16-18-6-4-7-20(26)13-18/h4,6-7,10-14,21-22,27-28H,3,5,8-9,15-16H2,1-2H3. The molecule has 2 unspecified atom stereocenters. The van der Waals surface area contributed by atoms with Gasteiger partial charge in [0, 0.05) is 36.1 Å². The van der Waals surface area contributed by atoms with E-state index in [-0.39, 0.29) is 17.8 Å². The Morgan fingerprint density at radius 2 is 2.07 bits per heavy atom. The minimum atomic E-state index is -0.202. The molecule has 4 rings (SSSR count). The molecule has 0 aliphatic heterocycles. The maximum Gasteiger partial charge on any atom is 0.270 e. The summed E-state index contributed by atoms with van der Waals surface area (Å²) in [4.78, 5) is 18.6. The fraction of sp³-hybridized carbons (Fsp3) is 0.400. The average Bonchev–Trinajstić information content (AvgIpc) is 3.16. The van der Waals surface area contributed by atoms with Gasteiger partial charge in [-0.2, -0.15) is 0 Å². The van der Waals surface area contributed by atoms with Gasteiger partial charge < -0.3 is 15.2 Å². The van der Waals surface area contributed by atoms with Gasteiger partial charge in [-0.25, -0.2) is 4.39 Å². The van der Waals surface area contributed by atoms with E-state index in [0.717, 1.165) is 42.1 Å². The van der Waals surface area contributed by atoms with Gasteiger partial charge in [-0.05, 0) is 75.4 Å². The van der Waals surface area contributed by atoms with E-state index in [2.05, 4.69) is 36.3 Å². The Labute approximate surface area is 177 Å². The number of halogens is 1. The average molecular weight is 408 g/mol. The first-order valence-electron chi connectivity index (χ1n) is 10.9. The highest BCUT2D eigenvalue weighted by Gasteiger charge is 2.29. The van der Waals surface area contributed by atoms with Crippen LogP contribution in [-0.2, 0) is 6.54 Å². The van der Waals surface area contributed by atoms with Crippen molar-refractivity contribution in [1.82, 2.24) is 15.2 Å².